The highest BCUT2D eigenvalue weighted by Crippen LogP contribution is 2.33. The number of esters is 1. The Morgan fingerprint density at radius 1 is 0.957 bits per heavy atom. The first kappa shape index (κ1) is 31.5. The third kappa shape index (κ3) is 6.71. The summed E-state index contributed by atoms with van der Waals surface area (Å²) in [5.41, 5.74) is 2.94. The first-order valence-electron chi connectivity index (χ1n) is 15.1. The number of benzene rings is 2. The van der Waals surface area contributed by atoms with Crippen LogP contribution in [0.15, 0.2) is 79.3 Å². The van der Waals surface area contributed by atoms with Crippen LogP contribution in [0.4, 0.5) is 14.5 Å². The van der Waals surface area contributed by atoms with Crippen molar-refractivity contribution in [2.24, 2.45) is 5.92 Å². The number of halogens is 2. The van der Waals surface area contributed by atoms with Gasteiger partial charge in [0.05, 0.1) is 17.4 Å². The van der Waals surface area contributed by atoms with Crippen molar-refractivity contribution >= 4 is 29.4 Å². The smallest absolute Gasteiger partial charge is 0.357 e. The standard InChI is InChI=1S/C35H31F2N5O5/c1-20-33(44)41(2)31-16-24(23-7-9-38-10-8-23)3-5-29(31)34(45)42(20)19-22-11-25(15-27(37)12-22)32(43)40-17-21-13-28(14-21)47-35(46)30-6-4-26(36)18-39-30/h3-12,15-16,18,20-21,28H,13-14,17,19H2,1-2H3,(H,40,43)/t20-,21-,28+/m1/s1. The number of hydrogen-bond donors (Lipinski definition) is 1. The van der Waals surface area contributed by atoms with Crippen molar-refractivity contribution < 1.29 is 32.7 Å². The molecule has 1 saturated carbocycles. The molecule has 0 saturated heterocycles. The minimum atomic E-state index is -0.857. The number of carbonyl (C=O) groups excluding carboxylic acids is 4. The van der Waals surface area contributed by atoms with Crippen molar-refractivity contribution in [1.82, 2.24) is 20.2 Å². The molecule has 2 aliphatic rings. The fourth-order valence-electron chi connectivity index (χ4n) is 5.84. The summed E-state index contributed by atoms with van der Waals surface area (Å²) in [6.07, 6.45) is 4.96. The lowest BCUT2D eigenvalue weighted by molar-refractivity contribution is -0.122. The Bertz CT molecular complexity index is 1850. The number of hydrogen-bond acceptors (Lipinski definition) is 7. The minimum absolute atomic E-state index is 0.0112. The maximum Gasteiger partial charge on any atom is 0.357 e. The number of nitrogens with zero attached hydrogens (tertiary/aromatic N) is 4. The van der Waals surface area contributed by atoms with Crippen molar-refractivity contribution in [3.8, 4) is 11.1 Å². The Hall–Kier alpha value is -5.52. The van der Waals surface area contributed by atoms with Gasteiger partial charge >= 0.3 is 5.97 Å². The molecule has 1 atom stereocenters. The topological polar surface area (TPSA) is 122 Å². The zero-order valence-corrected chi connectivity index (χ0v) is 25.7. The third-order valence-corrected chi connectivity index (χ3v) is 8.55. The molecule has 0 radical (unpaired) electrons. The molecule has 1 fully saturated rings. The van der Waals surface area contributed by atoms with E-state index >= 15 is 0 Å². The molecule has 12 heteroatoms. The number of rotatable bonds is 8. The molecular weight excluding hydrogens is 608 g/mol. The summed E-state index contributed by atoms with van der Waals surface area (Å²) in [6, 6.07) is 14.3. The van der Waals surface area contributed by atoms with Gasteiger partial charge in [0.1, 0.15) is 29.5 Å². The van der Waals surface area contributed by atoms with E-state index in [-0.39, 0.29) is 42.3 Å². The van der Waals surface area contributed by atoms with E-state index in [0.29, 0.717) is 29.7 Å². The van der Waals surface area contributed by atoms with Gasteiger partial charge in [-0.1, -0.05) is 6.07 Å². The molecule has 3 heterocycles. The van der Waals surface area contributed by atoms with Crippen LogP contribution in [0.3, 0.4) is 0 Å². The van der Waals surface area contributed by atoms with Crippen LogP contribution in [-0.4, -0.2) is 64.3 Å². The number of ether oxygens (including phenoxy) is 1. The molecule has 0 spiro atoms. The number of anilines is 1. The molecule has 0 bridgehead atoms. The predicted octanol–water partition coefficient (Wildman–Crippen LogP) is 4.79. The van der Waals surface area contributed by atoms with Crippen LogP contribution in [0.25, 0.3) is 11.1 Å². The van der Waals surface area contributed by atoms with E-state index in [1.165, 1.54) is 28.0 Å². The van der Waals surface area contributed by atoms with Gasteiger partial charge in [-0.25, -0.2) is 18.6 Å². The van der Waals surface area contributed by atoms with Gasteiger partial charge in [-0.05, 0) is 97.0 Å². The summed E-state index contributed by atoms with van der Waals surface area (Å²) < 4.78 is 33.2. The highest BCUT2D eigenvalue weighted by Gasteiger charge is 2.36. The van der Waals surface area contributed by atoms with E-state index in [4.69, 9.17) is 4.74 Å². The van der Waals surface area contributed by atoms with E-state index in [9.17, 15) is 28.0 Å². The van der Waals surface area contributed by atoms with Crippen LogP contribution in [0.5, 0.6) is 0 Å². The lowest BCUT2D eigenvalue weighted by Gasteiger charge is -2.34. The lowest BCUT2D eigenvalue weighted by Crippen LogP contribution is -2.45. The van der Waals surface area contributed by atoms with Crippen LogP contribution >= 0.6 is 0 Å². The number of carbonyl (C=O) groups is 4. The summed E-state index contributed by atoms with van der Waals surface area (Å²) in [7, 11) is 1.62. The maximum atomic E-state index is 14.8. The van der Waals surface area contributed by atoms with Gasteiger partial charge in [-0.15, -0.1) is 0 Å². The van der Waals surface area contributed by atoms with Crippen molar-refractivity contribution in [3.63, 3.8) is 0 Å². The summed E-state index contributed by atoms with van der Waals surface area (Å²) in [5.74, 6) is -3.01. The minimum Gasteiger partial charge on any atom is -0.458 e. The molecule has 47 heavy (non-hydrogen) atoms. The van der Waals surface area contributed by atoms with E-state index in [1.54, 1.807) is 44.6 Å². The number of fused-ring (bicyclic) bond motifs is 1. The Morgan fingerprint density at radius 3 is 2.45 bits per heavy atom. The fraction of sp³-hybridized carbons (Fsp3) is 0.257. The number of likely N-dealkylation sites (N-methyl/N-ethyl adjacent to an activating group) is 1. The molecular formula is C35H31F2N5O5. The quantitative estimate of drug-likeness (QED) is 0.275. The second-order valence-electron chi connectivity index (χ2n) is 11.8. The average molecular weight is 640 g/mol. The zero-order chi connectivity index (χ0) is 33.2. The third-order valence-electron chi connectivity index (χ3n) is 8.55. The van der Waals surface area contributed by atoms with Crippen molar-refractivity contribution in [1.29, 1.82) is 0 Å². The Kier molecular flexibility index (Phi) is 8.75. The van der Waals surface area contributed by atoms with E-state index in [1.807, 2.05) is 12.1 Å². The van der Waals surface area contributed by atoms with E-state index < -0.39 is 35.5 Å². The molecule has 2 aromatic heterocycles. The van der Waals surface area contributed by atoms with Gasteiger partial charge in [-0.3, -0.25) is 19.4 Å². The number of amides is 3. The molecule has 10 nitrogen and oxygen atoms in total. The second kappa shape index (κ2) is 13.1. The molecule has 1 aliphatic heterocycles. The SMILES string of the molecule is C[C@@H]1C(=O)N(C)c2cc(-c3ccncc3)ccc2C(=O)N1Cc1cc(F)cc(C(=O)NC[C@H]2C[C@@H](OC(=O)c3ccc(F)cn3)C2)c1. The van der Waals surface area contributed by atoms with Gasteiger partial charge in [0.15, 0.2) is 0 Å². The number of pyridine rings is 2. The van der Waals surface area contributed by atoms with Crippen LogP contribution < -0.4 is 10.2 Å². The molecule has 3 amide bonds. The fourth-order valence-corrected chi connectivity index (χ4v) is 5.84. The first-order valence-corrected chi connectivity index (χ1v) is 15.1. The highest BCUT2D eigenvalue weighted by atomic mass is 19.1. The van der Waals surface area contributed by atoms with Crippen molar-refractivity contribution in [3.05, 3.63) is 113 Å². The highest BCUT2D eigenvalue weighted by molar-refractivity contribution is 6.11. The Balaban J connectivity index is 1.10. The largest absolute Gasteiger partial charge is 0.458 e. The first-order chi connectivity index (χ1) is 22.6. The van der Waals surface area contributed by atoms with E-state index in [0.717, 1.165) is 29.5 Å². The Labute approximate surface area is 269 Å². The molecule has 2 aromatic carbocycles. The molecule has 0 unspecified atom stereocenters. The van der Waals surface area contributed by atoms with Gasteiger partial charge in [0, 0.05) is 38.1 Å². The average Bonchev–Trinajstić information content (AvgIpc) is 3.12. The van der Waals surface area contributed by atoms with Crippen molar-refractivity contribution in [2.75, 3.05) is 18.5 Å². The van der Waals surface area contributed by atoms with Crippen LogP contribution in [-0.2, 0) is 16.1 Å². The maximum absolute atomic E-state index is 14.8. The molecule has 1 aliphatic carbocycles. The van der Waals surface area contributed by atoms with Crippen molar-refractivity contribution in [2.45, 2.75) is 38.5 Å². The second-order valence-corrected chi connectivity index (χ2v) is 11.8. The monoisotopic (exact) mass is 639 g/mol. The number of nitrogens with one attached hydrogen (secondary N) is 1. The predicted molar refractivity (Wildman–Crippen MR) is 167 cm³/mol. The van der Waals surface area contributed by atoms with Crippen LogP contribution in [0, 0.1) is 17.6 Å². The summed E-state index contributed by atoms with van der Waals surface area (Å²) in [6.45, 7) is 1.81. The van der Waals surface area contributed by atoms with E-state index in [2.05, 4.69) is 15.3 Å². The normalized spacial score (nSPS) is 19.0. The lowest BCUT2D eigenvalue weighted by atomic mass is 9.82. The number of aromatic nitrogens is 2. The zero-order valence-electron chi connectivity index (χ0n) is 25.7. The van der Waals surface area contributed by atoms with Crippen LogP contribution in [0.2, 0.25) is 0 Å². The van der Waals surface area contributed by atoms with Gasteiger partial charge in [0.25, 0.3) is 11.8 Å². The van der Waals surface area contributed by atoms with Gasteiger partial charge in [-0.2, -0.15) is 0 Å². The molecule has 240 valence electrons. The molecule has 1 N–H and O–H groups in total. The summed E-state index contributed by atoms with van der Waals surface area (Å²) in [4.78, 5) is 63.0. The summed E-state index contributed by atoms with van der Waals surface area (Å²) >= 11 is 0. The van der Waals surface area contributed by atoms with Crippen LogP contribution in [0.1, 0.15) is 56.5 Å². The summed E-state index contributed by atoms with van der Waals surface area (Å²) in [5, 5.41) is 2.80. The Morgan fingerprint density at radius 2 is 1.72 bits per heavy atom. The molecule has 6 rings (SSSR count). The van der Waals surface area contributed by atoms with Gasteiger partial charge in [0.2, 0.25) is 5.91 Å². The van der Waals surface area contributed by atoms with Gasteiger partial charge < -0.3 is 19.9 Å². The molecule has 4 aromatic rings.